The minimum Gasteiger partial charge on any atom is -0.349 e. The maximum Gasteiger partial charge on any atom is 0.253 e. The average Bonchev–Trinajstić information content (AvgIpc) is 2.64. The average molecular weight is 383 g/mol. The van der Waals surface area contributed by atoms with Crippen molar-refractivity contribution < 1.29 is 4.79 Å². The number of hydrogen-bond donors (Lipinski definition) is 1. The highest BCUT2D eigenvalue weighted by Gasteiger charge is 2.38. The number of halogens is 1. The van der Waals surface area contributed by atoms with Crippen LogP contribution in [0.5, 0.6) is 0 Å². The van der Waals surface area contributed by atoms with Crippen molar-refractivity contribution in [3.63, 3.8) is 0 Å². The van der Waals surface area contributed by atoms with Crippen molar-refractivity contribution in [2.75, 3.05) is 0 Å². The lowest BCUT2D eigenvalue weighted by molar-refractivity contribution is 0.0177. The molecule has 1 N–H and O–H groups in total. The molecule has 0 radical (unpaired) electrons. The Morgan fingerprint density at radius 2 is 1.74 bits per heavy atom. The summed E-state index contributed by atoms with van der Waals surface area (Å²) in [5.74, 6) is -0.0457. The third-order valence-corrected chi connectivity index (χ3v) is 6.39. The number of hydrogen-bond acceptors (Lipinski definition) is 2. The van der Waals surface area contributed by atoms with Crippen LogP contribution in [0.1, 0.15) is 53.6 Å². The lowest BCUT2D eigenvalue weighted by Crippen LogP contribution is -2.56. The summed E-state index contributed by atoms with van der Waals surface area (Å²) in [5, 5.41) is 3.77. The van der Waals surface area contributed by atoms with Gasteiger partial charge in [-0.05, 0) is 50.3 Å². The van der Waals surface area contributed by atoms with Gasteiger partial charge in [0.15, 0.2) is 0 Å². The molecule has 1 amide bonds. The number of benzene rings is 2. The lowest BCUT2D eigenvalue weighted by atomic mass is 9.81. The summed E-state index contributed by atoms with van der Waals surface area (Å²) in [5.41, 5.74) is 3.27. The number of carbonyl (C=O) groups excluding carboxylic acids is 1. The van der Waals surface area contributed by atoms with E-state index in [1.54, 1.807) is 12.1 Å². The van der Waals surface area contributed by atoms with Gasteiger partial charge in [-0.15, -0.1) is 0 Å². The van der Waals surface area contributed by atoms with Crippen molar-refractivity contribution in [2.24, 2.45) is 0 Å². The highest BCUT2D eigenvalue weighted by atomic mass is 35.5. The summed E-state index contributed by atoms with van der Waals surface area (Å²) >= 11 is 6.19. The summed E-state index contributed by atoms with van der Waals surface area (Å²) < 4.78 is 0. The summed E-state index contributed by atoms with van der Waals surface area (Å²) in [4.78, 5) is 15.3. The molecule has 0 saturated carbocycles. The van der Waals surface area contributed by atoms with E-state index in [-0.39, 0.29) is 11.9 Å². The second-order valence-corrected chi connectivity index (χ2v) is 8.43. The van der Waals surface area contributed by atoms with Crippen LogP contribution >= 0.6 is 11.6 Å². The standard InChI is InChI=1S/C23H27ClN2O/c1-16-9-11-17(12-10-16)15-26-19-5-4-6-20(26)14-18(13-19)25-23(27)21-7-2-3-8-22(21)24/h2-3,7-12,18-20H,4-6,13-15H2,1H3,(H,25,27)/t19-,20-/m0/s1. The van der Waals surface area contributed by atoms with Crippen LogP contribution in [0.15, 0.2) is 48.5 Å². The molecule has 2 bridgehead atoms. The van der Waals surface area contributed by atoms with Crippen LogP contribution in [-0.4, -0.2) is 28.9 Å². The molecule has 4 heteroatoms. The van der Waals surface area contributed by atoms with Crippen LogP contribution in [0.3, 0.4) is 0 Å². The monoisotopic (exact) mass is 382 g/mol. The number of fused-ring (bicyclic) bond motifs is 2. The first-order valence-electron chi connectivity index (χ1n) is 9.97. The van der Waals surface area contributed by atoms with Crippen molar-refractivity contribution >= 4 is 17.5 Å². The van der Waals surface area contributed by atoms with E-state index in [2.05, 4.69) is 41.4 Å². The van der Waals surface area contributed by atoms with Crippen molar-refractivity contribution in [2.45, 2.75) is 63.7 Å². The summed E-state index contributed by atoms with van der Waals surface area (Å²) in [6.07, 6.45) is 5.80. The van der Waals surface area contributed by atoms with E-state index in [0.29, 0.717) is 22.7 Å². The maximum absolute atomic E-state index is 12.6. The Morgan fingerprint density at radius 1 is 1.07 bits per heavy atom. The lowest BCUT2D eigenvalue weighted by Gasteiger charge is -2.49. The normalized spacial score (nSPS) is 25.2. The Hall–Kier alpha value is -1.84. The summed E-state index contributed by atoms with van der Waals surface area (Å²) in [6.45, 7) is 3.15. The predicted octanol–water partition coefficient (Wildman–Crippen LogP) is 4.96. The zero-order chi connectivity index (χ0) is 18.8. The Kier molecular flexibility index (Phi) is 5.51. The first-order chi connectivity index (χ1) is 13.1. The minimum atomic E-state index is -0.0457. The molecule has 0 aliphatic carbocycles. The molecule has 2 fully saturated rings. The van der Waals surface area contributed by atoms with Crippen LogP contribution in [-0.2, 0) is 6.54 Å². The van der Waals surface area contributed by atoms with Gasteiger partial charge in [-0.25, -0.2) is 0 Å². The van der Waals surface area contributed by atoms with E-state index >= 15 is 0 Å². The van der Waals surface area contributed by atoms with Crippen LogP contribution in [0.25, 0.3) is 0 Å². The Bertz CT molecular complexity index is 790. The second-order valence-electron chi connectivity index (χ2n) is 8.02. The molecule has 27 heavy (non-hydrogen) atoms. The largest absolute Gasteiger partial charge is 0.349 e. The fraction of sp³-hybridized carbons (Fsp3) is 0.435. The molecule has 0 unspecified atom stereocenters. The molecule has 2 aliphatic heterocycles. The van der Waals surface area contributed by atoms with Crippen molar-refractivity contribution in [3.05, 3.63) is 70.2 Å². The van der Waals surface area contributed by atoms with Crippen LogP contribution in [0.4, 0.5) is 0 Å². The van der Waals surface area contributed by atoms with Gasteiger partial charge in [0.05, 0.1) is 10.6 Å². The number of nitrogens with one attached hydrogen (secondary N) is 1. The predicted molar refractivity (Wildman–Crippen MR) is 110 cm³/mol. The van der Waals surface area contributed by atoms with Crippen LogP contribution in [0.2, 0.25) is 5.02 Å². The summed E-state index contributed by atoms with van der Waals surface area (Å²) in [6, 6.07) is 17.5. The number of rotatable bonds is 4. The van der Waals surface area contributed by atoms with Crippen molar-refractivity contribution in [3.8, 4) is 0 Å². The molecule has 0 aromatic heterocycles. The highest BCUT2D eigenvalue weighted by molar-refractivity contribution is 6.33. The zero-order valence-corrected chi connectivity index (χ0v) is 16.6. The Balaban J connectivity index is 1.42. The molecule has 2 aliphatic rings. The van der Waals surface area contributed by atoms with Gasteiger partial charge in [0.25, 0.3) is 5.91 Å². The molecule has 0 spiro atoms. The van der Waals surface area contributed by atoms with Crippen molar-refractivity contribution in [1.29, 1.82) is 0 Å². The van der Waals surface area contributed by atoms with Crippen LogP contribution < -0.4 is 5.32 Å². The van der Waals surface area contributed by atoms with Gasteiger partial charge >= 0.3 is 0 Å². The maximum atomic E-state index is 12.6. The molecular formula is C23H27ClN2O. The first-order valence-corrected chi connectivity index (χ1v) is 10.3. The fourth-order valence-corrected chi connectivity index (χ4v) is 4.89. The molecule has 2 atom stereocenters. The van der Waals surface area contributed by atoms with E-state index in [1.807, 2.05) is 12.1 Å². The number of amides is 1. The molecule has 2 heterocycles. The number of aryl methyl sites for hydroxylation is 1. The second kappa shape index (κ2) is 8.04. The number of carbonyl (C=O) groups is 1. The Morgan fingerprint density at radius 3 is 2.41 bits per heavy atom. The quantitative estimate of drug-likeness (QED) is 0.810. The van der Waals surface area contributed by atoms with Gasteiger partial charge < -0.3 is 5.32 Å². The summed E-state index contributed by atoms with van der Waals surface area (Å²) in [7, 11) is 0. The minimum absolute atomic E-state index is 0.0457. The van der Waals surface area contributed by atoms with Gasteiger partial charge in [0.1, 0.15) is 0 Å². The first kappa shape index (κ1) is 18.5. The molecule has 2 saturated heterocycles. The molecule has 142 valence electrons. The third-order valence-electron chi connectivity index (χ3n) is 6.07. The molecule has 2 aromatic carbocycles. The van der Waals surface area contributed by atoms with Crippen molar-refractivity contribution in [1.82, 2.24) is 10.2 Å². The van der Waals surface area contributed by atoms with Gasteiger partial charge in [0, 0.05) is 24.7 Å². The highest BCUT2D eigenvalue weighted by Crippen LogP contribution is 2.35. The SMILES string of the molecule is Cc1ccc(CN2[C@H]3CCC[C@H]2CC(NC(=O)c2ccccc2Cl)C3)cc1. The van der Waals surface area contributed by atoms with E-state index < -0.39 is 0 Å². The van der Waals surface area contributed by atoms with Crippen LogP contribution in [0, 0.1) is 6.92 Å². The van der Waals surface area contributed by atoms with Gasteiger partial charge in [0.2, 0.25) is 0 Å². The fourth-order valence-electron chi connectivity index (χ4n) is 4.67. The third kappa shape index (κ3) is 4.20. The van der Waals surface area contributed by atoms with Gasteiger partial charge in [-0.3, -0.25) is 9.69 Å². The number of nitrogens with zero attached hydrogens (tertiary/aromatic N) is 1. The Labute approximate surface area is 166 Å². The van der Waals surface area contributed by atoms with Gasteiger partial charge in [-0.2, -0.15) is 0 Å². The molecule has 2 aromatic rings. The van der Waals surface area contributed by atoms with E-state index in [9.17, 15) is 4.79 Å². The smallest absolute Gasteiger partial charge is 0.253 e. The van der Waals surface area contributed by atoms with E-state index in [4.69, 9.17) is 11.6 Å². The number of piperidine rings is 2. The van der Waals surface area contributed by atoms with E-state index in [0.717, 1.165) is 19.4 Å². The topological polar surface area (TPSA) is 32.3 Å². The molecular weight excluding hydrogens is 356 g/mol. The van der Waals surface area contributed by atoms with E-state index in [1.165, 1.54) is 30.4 Å². The van der Waals surface area contributed by atoms with Gasteiger partial charge in [-0.1, -0.05) is 60.0 Å². The zero-order valence-electron chi connectivity index (χ0n) is 15.8. The molecule has 3 nitrogen and oxygen atoms in total. The molecule has 4 rings (SSSR count).